The van der Waals surface area contributed by atoms with E-state index in [4.69, 9.17) is 14.2 Å². The molecule has 0 fully saturated rings. The van der Waals surface area contributed by atoms with E-state index in [-0.39, 0.29) is 24.0 Å². The van der Waals surface area contributed by atoms with E-state index in [9.17, 15) is 0 Å². The molecular formula is C21H22INO3. The van der Waals surface area contributed by atoms with E-state index in [1.165, 1.54) is 10.9 Å². The molecule has 0 spiro atoms. The first-order valence-electron chi connectivity index (χ1n) is 8.04. The Labute approximate surface area is 171 Å². The minimum atomic E-state index is 0. The molecule has 0 aliphatic heterocycles. The van der Waals surface area contributed by atoms with Gasteiger partial charge in [0.1, 0.15) is 7.05 Å². The minimum absolute atomic E-state index is 0. The van der Waals surface area contributed by atoms with Crippen LogP contribution in [0.2, 0.25) is 0 Å². The van der Waals surface area contributed by atoms with Crippen molar-refractivity contribution < 1.29 is 42.8 Å². The Morgan fingerprint density at radius 2 is 1.50 bits per heavy atom. The van der Waals surface area contributed by atoms with Gasteiger partial charge in [0.15, 0.2) is 11.5 Å². The summed E-state index contributed by atoms with van der Waals surface area (Å²) in [6, 6.07) is 16.4. The Hall–Kier alpha value is -2.28. The van der Waals surface area contributed by atoms with E-state index < -0.39 is 0 Å². The smallest absolute Gasteiger partial charge is 0.212 e. The largest absolute Gasteiger partial charge is 1.00 e. The third-order valence-electron chi connectivity index (χ3n) is 4.29. The first kappa shape index (κ1) is 20.0. The maximum atomic E-state index is 5.54. The number of methoxy groups -OCH3 is 3. The highest BCUT2D eigenvalue weighted by atomic mass is 127. The molecule has 26 heavy (non-hydrogen) atoms. The van der Waals surface area contributed by atoms with Crippen LogP contribution in [0.25, 0.3) is 23.1 Å². The van der Waals surface area contributed by atoms with E-state index in [0.717, 1.165) is 11.3 Å². The number of rotatable bonds is 5. The van der Waals surface area contributed by atoms with Crippen molar-refractivity contribution in [1.29, 1.82) is 0 Å². The zero-order valence-corrected chi connectivity index (χ0v) is 17.5. The lowest BCUT2D eigenvalue weighted by Gasteiger charge is -2.13. The molecule has 0 atom stereocenters. The molecule has 5 heteroatoms. The molecule has 2 aromatic carbocycles. The van der Waals surface area contributed by atoms with Gasteiger partial charge in [0.25, 0.3) is 0 Å². The van der Waals surface area contributed by atoms with E-state index in [2.05, 4.69) is 42.0 Å². The van der Waals surface area contributed by atoms with Gasteiger partial charge in [-0.25, -0.2) is 0 Å². The van der Waals surface area contributed by atoms with Crippen molar-refractivity contribution in [3.05, 3.63) is 59.8 Å². The fourth-order valence-electron chi connectivity index (χ4n) is 2.96. The van der Waals surface area contributed by atoms with Crippen LogP contribution in [0.5, 0.6) is 17.2 Å². The predicted molar refractivity (Wildman–Crippen MR) is 100 cm³/mol. The number of aromatic nitrogens is 1. The lowest BCUT2D eigenvalue weighted by Crippen LogP contribution is -3.00. The van der Waals surface area contributed by atoms with Crippen LogP contribution >= 0.6 is 0 Å². The van der Waals surface area contributed by atoms with Crippen molar-refractivity contribution in [1.82, 2.24) is 0 Å². The van der Waals surface area contributed by atoms with Gasteiger partial charge < -0.3 is 38.2 Å². The molecule has 0 aliphatic carbocycles. The quantitative estimate of drug-likeness (QED) is 0.416. The lowest BCUT2D eigenvalue weighted by molar-refractivity contribution is -0.646. The molecule has 1 heterocycles. The first-order valence-corrected chi connectivity index (χ1v) is 8.04. The monoisotopic (exact) mass is 463 g/mol. The number of nitrogens with zero attached hydrogens (tertiary/aromatic N) is 1. The van der Waals surface area contributed by atoms with Gasteiger partial charge in [0.2, 0.25) is 17.0 Å². The van der Waals surface area contributed by atoms with Gasteiger partial charge in [-0.1, -0.05) is 12.1 Å². The van der Waals surface area contributed by atoms with Crippen molar-refractivity contribution in [2.75, 3.05) is 21.3 Å². The van der Waals surface area contributed by atoms with Crippen LogP contribution in [-0.2, 0) is 7.05 Å². The van der Waals surface area contributed by atoms with Crippen molar-refractivity contribution in [3.63, 3.8) is 0 Å². The van der Waals surface area contributed by atoms with Crippen molar-refractivity contribution >= 4 is 23.1 Å². The molecule has 1 aromatic heterocycles. The topological polar surface area (TPSA) is 31.6 Å². The molecule has 4 nitrogen and oxygen atoms in total. The highest BCUT2D eigenvalue weighted by Gasteiger charge is 2.15. The summed E-state index contributed by atoms with van der Waals surface area (Å²) in [5.74, 6) is 1.89. The first-order chi connectivity index (χ1) is 12.2. The molecule has 0 saturated carbocycles. The fraction of sp³-hybridized carbons (Fsp3) is 0.190. The third kappa shape index (κ3) is 3.77. The van der Waals surface area contributed by atoms with E-state index in [0.29, 0.717) is 17.2 Å². The average molecular weight is 463 g/mol. The molecule has 0 aliphatic rings. The number of benzene rings is 2. The van der Waals surface area contributed by atoms with Crippen LogP contribution in [0.15, 0.2) is 48.5 Å². The second-order valence-corrected chi connectivity index (χ2v) is 5.63. The zero-order chi connectivity index (χ0) is 17.8. The van der Waals surface area contributed by atoms with Crippen molar-refractivity contribution in [2.45, 2.75) is 0 Å². The normalized spacial score (nSPS) is 10.6. The molecule has 3 rings (SSSR count). The van der Waals surface area contributed by atoms with Gasteiger partial charge >= 0.3 is 0 Å². The van der Waals surface area contributed by atoms with Gasteiger partial charge in [-0.3, -0.25) is 0 Å². The van der Waals surface area contributed by atoms with E-state index in [1.54, 1.807) is 21.3 Å². The highest BCUT2D eigenvalue weighted by Crippen LogP contribution is 2.40. The molecule has 0 radical (unpaired) electrons. The van der Waals surface area contributed by atoms with Crippen LogP contribution in [0.3, 0.4) is 0 Å². The molecule has 0 saturated heterocycles. The number of aryl methyl sites for hydroxylation is 1. The summed E-state index contributed by atoms with van der Waals surface area (Å²) in [5, 5.41) is 1.21. The van der Waals surface area contributed by atoms with Crippen molar-refractivity contribution in [3.8, 4) is 17.2 Å². The molecule has 0 amide bonds. The Bertz CT molecular complexity index is 938. The Balaban J connectivity index is 0.00000243. The van der Waals surface area contributed by atoms with Crippen LogP contribution in [0.1, 0.15) is 11.3 Å². The standard InChI is InChI=1S/C21H22NO3.HI/c1-22-17(12-9-15-7-5-6-8-18(15)22)13-10-16-11-14-19(23-2)21(25-4)20(16)24-3;/h5-14H,1-4H3;1H/q+1;/p-1/b13-10+;. The maximum Gasteiger partial charge on any atom is 0.212 e. The Kier molecular flexibility index (Phi) is 6.85. The number of halogens is 1. The van der Waals surface area contributed by atoms with Crippen LogP contribution in [0, 0.1) is 0 Å². The van der Waals surface area contributed by atoms with Gasteiger partial charge in [-0.15, -0.1) is 0 Å². The summed E-state index contributed by atoms with van der Waals surface area (Å²) in [6.45, 7) is 0. The number of ether oxygens (including phenoxy) is 3. The Morgan fingerprint density at radius 1 is 0.769 bits per heavy atom. The summed E-state index contributed by atoms with van der Waals surface area (Å²) in [6.07, 6.45) is 4.08. The second kappa shape index (κ2) is 8.89. The molecule has 0 unspecified atom stereocenters. The predicted octanol–water partition coefficient (Wildman–Crippen LogP) is 0.865. The number of para-hydroxylation sites is 1. The third-order valence-corrected chi connectivity index (χ3v) is 4.29. The molecule has 0 bridgehead atoms. The molecule has 3 aromatic rings. The summed E-state index contributed by atoms with van der Waals surface area (Å²) >= 11 is 0. The average Bonchev–Trinajstić information content (AvgIpc) is 2.66. The fourth-order valence-corrected chi connectivity index (χ4v) is 2.96. The SMILES string of the molecule is COc1ccc(/C=C/c2ccc3ccccc3[n+]2C)c(OC)c1OC.[I-]. The van der Waals surface area contributed by atoms with Crippen LogP contribution < -0.4 is 42.8 Å². The van der Waals surface area contributed by atoms with Gasteiger partial charge in [0.05, 0.1) is 21.3 Å². The van der Waals surface area contributed by atoms with E-state index in [1.807, 2.05) is 30.3 Å². The maximum absolute atomic E-state index is 5.54. The lowest BCUT2D eigenvalue weighted by atomic mass is 10.1. The number of hydrogen-bond donors (Lipinski definition) is 0. The summed E-state index contributed by atoms with van der Waals surface area (Å²) < 4.78 is 18.5. The van der Waals surface area contributed by atoms with Crippen LogP contribution in [-0.4, -0.2) is 21.3 Å². The highest BCUT2D eigenvalue weighted by molar-refractivity contribution is 5.78. The number of pyridine rings is 1. The van der Waals surface area contributed by atoms with Gasteiger partial charge in [-0.05, 0) is 30.3 Å². The minimum Gasteiger partial charge on any atom is -1.00 e. The number of fused-ring (bicyclic) bond motifs is 1. The molecule has 0 N–H and O–H groups in total. The van der Waals surface area contributed by atoms with Crippen LogP contribution in [0.4, 0.5) is 0 Å². The second-order valence-electron chi connectivity index (χ2n) is 5.63. The summed E-state index contributed by atoms with van der Waals surface area (Å²) in [7, 11) is 6.91. The van der Waals surface area contributed by atoms with Gasteiger partial charge in [0, 0.05) is 29.2 Å². The van der Waals surface area contributed by atoms with Crippen molar-refractivity contribution in [2.24, 2.45) is 7.05 Å². The molecular weight excluding hydrogens is 441 g/mol. The summed E-state index contributed by atoms with van der Waals surface area (Å²) in [5.41, 5.74) is 3.20. The zero-order valence-electron chi connectivity index (χ0n) is 15.3. The summed E-state index contributed by atoms with van der Waals surface area (Å²) in [4.78, 5) is 0. The number of hydrogen-bond acceptors (Lipinski definition) is 3. The molecule has 136 valence electrons. The van der Waals surface area contributed by atoms with E-state index >= 15 is 0 Å². The van der Waals surface area contributed by atoms with Gasteiger partial charge in [-0.2, -0.15) is 4.57 Å². The Morgan fingerprint density at radius 3 is 2.19 bits per heavy atom.